The molecule has 1 aliphatic heterocycles. The molecule has 1 aliphatic rings. The van der Waals surface area contributed by atoms with Crippen molar-refractivity contribution in [3.8, 4) is 11.5 Å². The van der Waals surface area contributed by atoms with Gasteiger partial charge in [-0.15, -0.1) is 0 Å². The summed E-state index contributed by atoms with van der Waals surface area (Å²) in [7, 11) is 4.95. The molecule has 1 heterocycles. The number of carbonyl (C=O) groups excluding carboxylic acids is 1. The summed E-state index contributed by atoms with van der Waals surface area (Å²) in [5.41, 5.74) is 1.09. The molecule has 0 bridgehead atoms. The minimum absolute atomic E-state index is 0.0256. The number of methoxy groups -OCH3 is 3. The Balaban J connectivity index is 1.78. The Morgan fingerprint density at radius 3 is 2.56 bits per heavy atom. The van der Waals surface area contributed by atoms with Crippen LogP contribution in [0.25, 0.3) is 0 Å². The van der Waals surface area contributed by atoms with Crippen molar-refractivity contribution in [2.45, 2.75) is 6.42 Å². The van der Waals surface area contributed by atoms with Crippen LogP contribution in [0.4, 0.5) is 5.69 Å². The number of carbonyl (C=O) groups is 1. The van der Waals surface area contributed by atoms with Gasteiger partial charge in [-0.2, -0.15) is 0 Å². The zero-order valence-corrected chi connectivity index (χ0v) is 15.3. The molecule has 0 radical (unpaired) electrons. The molecule has 1 aromatic rings. The zero-order chi connectivity index (χ0) is 18.1. The van der Waals surface area contributed by atoms with Gasteiger partial charge in [0.25, 0.3) is 0 Å². The van der Waals surface area contributed by atoms with Gasteiger partial charge in [0.15, 0.2) is 0 Å². The van der Waals surface area contributed by atoms with Gasteiger partial charge >= 0.3 is 0 Å². The first-order valence-corrected chi connectivity index (χ1v) is 8.60. The summed E-state index contributed by atoms with van der Waals surface area (Å²) in [6, 6.07) is 5.90. The van der Waals surface area contributed by atoms with Gasteiger partial charge < -0.3 is 29.7 Å². The second-order valence-electron chi connectivity index (χ2n) is 6.15. The molecular weight excluding hydrogens is 322 g/mol. The molecule has 25 heavy (non-hydrogen) atoms. The summed E-state index contributed by atoms with van der Waals surface area (Å²) in [4.78, 5) is 14.1. The van der Waals surface area contributed by atoms with Crippen molar-refractivity contribution in [3.63, 3.8) is 0 Å². The molecule has 1 atom stereocenters. The third kappa shape index (κ3) is 6.10. The standard InChI is InChI=1S/C18H29N3O4/c1-23-7-5-19-12-18(22)20-11-14-4-6-21(13-14)15-8-16(24-2)10-17(9-15)25-3/h8-10,14,19H,4-7,11-13H2,1-3H3,(H,20,22). The Morgan fingerprint density at radius 2 is 1.92 bits per heavy atom. The van der Waals surface area contributed by atoms with E-state index in [4.69, 9.17) is 14.2 Å². The quantitative estimate of drug-likeness (QED) is 0.610. The Bertz CT molecular complexity index is 531. The molecule has 0 spiro atoms. The summed E-state index contributed by atoms with van der Waals surface area (Å²) < 4.78 is 15.6. The first kappa shape index (κ1) is 19.3. The van der Waals surface area contributed by atoms with Crippen molar-refractivity contribution in [1.82, 2.24) is 10.6 Å². The van der Waals surface area contributed by atoms with Gasteiger partial charge in [-0.1, -0.05) is 0 Å². The Hall–Kier alpha value is -1.99. The minimum Gasteiger partial charge on any atom is -0.497 e. The van der Waals surface area contributed by atoms with Gasteiger partial charge in [-0.3, -0.25) is 4.79 Å². The molecular formula is C18H29N3O4. The average molecular weight is 351 g/mol. The largest absolute Gasteiger partial charge is 0.497 e. The van der Waals surface area contributed by atoms with Crippen LogP contribution in [-0.4, -0.2) is 66.6 Å². The van der Waals surface area contributed by atoms with Crippen LogP contribution < -0.4 is 25.0 Å². The normalized spacial score (nSPS) is 16.8. The second kappa shape index (κ2) is 10.1. The van der Waals surface area contributed by atoms with E-state index in [2.05, 4.69) is 15.5 Å². The Kier molecular flexibility index (Phi) is 7.81. The molecule has 1 fully saturated rings. The van der Waals surface area contributed by atoms with Crippen LogP contribution in [0.3, 0.4) is 0 Å². The number of anilines is 1. The number of rotatable bonds is 10. The Labute approximate surface area is 149 Å². The first-order valence-electron chi connectivity index (χ1n) is 8.60. The predicted molar refractivity (Wildman–Crippen MR) is 97.6 cm³/mol. The molecule has 7 nitrogen and oxygen atoms in total. The van der Waals surface area contributed by atoms with Crippen molar-refractivity contribution in [3.05, 3.63) is 18.2 Å². The lowest BCUT2D eigenvalue weighted by atomic mass is 10.1. The maximum Gasteiger partial charge on any atom is 0.233 e. The number of benzene rings is 1. The van der Waals surface area contributed by atoms with Gasteiger partial charge in [0.2, 0.25) is 5.91 Å². The van der Waals surface area contributed by atoms with E-state index in [0.29, 0.717) is 32.2 Å². The first-order chi connectivity index (χ1) is 12.2. The second-order valence-corrected chi connectivity index (χ2v) is 6.15. The highest BCUT2D eigenvalue weighted by Crippen LogP contribution is 2.31. The average Bonchev–Trinajstić information content (AvgIpc) is 3.12. The molecule has 1 amide bonds. The lowest BCUT2D eigenvalue weighted by Gasteiger charge is -2.20. The summed E-state index contributed by atoms with van der Waals surface area (Å²) >= 11 is 0. The van der Waals surface area contributed by atoms with E-state index in [1.807, 2.05) is 18.2 Å². The van der Waals surface area contributed by atoms with E-state index >= 15 is 0 Å². The van der Waals surface area contributed by atoms with Crippen molar-refractivity contribution >= 4 is 11.6 Å². The fraction of sp³-hybridized carbons (Fsp3) is 0.611. The van der Waals surface area contributed by atoms with Gasteiger partial charge in [0.05, 0.1) is 27.4 Å². The molecule has 1 aromatic carbocycles. The molecule has 0 aromatic heterocycles. The molecule has 1 saturated heterocycles. The van der Waals surface area contributed by atoms with Crippen molar-refractivity contribution in [2.24, 2.45) is 5.92 Å². The third-order valence-electron chi connectivity index (χ3n) is 4.34. The SMILES string of the molecule is COCCNCC(=O)NCC1CCN(c2cc(OC)cc(OC)c2)C1. The van der Waals surface area contributed by atoms with Crippen molar-refractivity contribution in [2.75, 3.05) is 65.6 Å². The van der Waals surface area contributed by atoms with Crippen LogP contribution in [0, 0.1) is 5.92 Å². The van der Waals surface area contributed by atoms with E-state index in [-0.39, 0.29) is 5.91 Å². The molecule has 140 valence electrons. The van der Waals surface area contributed by atoms with E-state index in [0.717, 1.165) is 36.7 Å². The van der Waals surface area contributed by atoms with Crippen molar-refractivity contribution < 1.29 is 19.0 Å². The number of hydrogen-bond acceptors (Lipinski definition) is 6. The van der Waals surface area contributed by atoms with E-state index in [9.17, 15) is 4.79 Å². The zero-order valence-electron chi connectivity index (χ0n) is 15.3. The predicted octanol–water partition coefficient (Wildman–Crippen LogP) is 0.882. The lowest BCUT2D eigenvalue weighted by Crippen LogP contribution is -2.38. The van der Waals surface area contributed by atoms with Crippen LogP contribution in [0.1, 0.15) is 6.42 Å². The minimum atomic E-state index is 0.0256. The third-order valence-corrected chi connectivity index (χ3v) is 4.34. The number of amides is 1. The Morgan fingerprint density at radius 1 is 1.20 bits per heavy atom. The fourth-order valence-electron chi connectivity index (χ4n) is 2.91. The van der Waals surface area contributed by atoms with Gasteiger partial charge in [0, 0.05) is 57.2 Å². The molecule has 1 unspecified atom stereocenters. The van der Waals surface area contributed by atoms with Gasteiger partial charge in [-0.25, -0.2) is 0 Å². The lowest BCUT2D eigenvalue weighted by molar-refractivity contribution is -0.120. The number of ether oxygens (including phenoxy) is 3. The number of hydrogen-bond donors (Lipinski definition) is 2. The summed E-state index contributed by atoms with van der Waals surface area (Å²) in [6.07, 6.45) is 1.05. The van der Waals surface area contributed by atoms with E-state index < -0.39 is 0 Å². The highest BCUT2D eigenvalue weighted by Gasteiger charge is 2.23. The smallest absolute Gasteiger partial charge is 0.233 e. The molecule has 2 rings (SSSR count). The van der Waals surface area contributed by atoms with E-state index in [1.54, 1.807) is 21.3 Å². The van der Waals surface area contributed by atoms with Crippen LogP contribution >= 0.6 is 0 Å². The monoisotopic (exact) mass is 351 g/mol. The maximum absolute atomic E-state index is 11.8. The molecule has 0 aliphatic carbocycles. The highest BCUT2D eigenvalue weighted by atomic mass is 16.5. The highest BCUT2D eigenvalue weighted by molar-refractivity contribution is 5.78. The molecule has 0 saturated carbocycles. The fourth-order valence-corrected chi connectivity index (χ4v) is 2.91. The van der Waals surface area contributed by atoms with Crippen LogP contribution in [-0.2, 0) is 9.53 Å². The van der Waals surface area contributed by atoms with Gasteiger partial charge in [0.1, 0.15) is 11.5 Å². The molecule has 2 N–H and O–H groups in total. The number of nitrogens with one attached hydrogen (secondary N) is 2. The van der Waals surface area contributed by atoms with Gasteiger partial charge in [-0.05, 0) is 12.3 Å². The molecule has 7 heteroatoms. The van der Waals surface area contributed by atoms with Crippen LogP contribution in [0.5, 0.6) is 11.5 Å². The summed E-state index contributed by atoms with van der Waals surface area (Å²) in [6.45, 7) is 4.18. The van der Waals surface area contributed by atoms with Crippen molar-refractivity contribution in [1.29, 1.82) is 0 Å². The number of nitrogens with zero attached hydrogens (tertiary/aromatic N) is 1. The topological polar surface area (TPSA) is 72.1 Å². The van der Waals surface area contributed by atoms with Crippen LogP contribution in [0.2, 0.25) is 0 Å². The van der Waals surface area contributed by atoms with Crippen LogP contribution in [0.15, 0.2) is 18.2 Å². The summed E-state index contributed by atoms with van der Waals surface area (Å²) in [5, 5.41) is 6.05. The maximum atomic E-state index is 11.8. The van der Waals surface area contributed by atoms with E-state index in [1.165, 1.54) is 0 Å². The summed E-state index contributed by atoms with van der Waals surface area (Å²) in [5.74, 6) is 2.04.